The first-order chi connectivity index (χ1) is 23.3. The molecule has 0 bridgehead atoms. The Hall–Kier alpha value is -6.18. The Bertz CT molecular complexity index is 2740. The minimum atomic E-state index is 1.16. The molecule has 0 fully saturated rings. The van der Waals surface area contributed by atoms with Crippen LogP contribution in [0.3, 0.4) is 0 Å². The van der Waals surface area contributed by atoms with Gasteiger partial charge in [-0.3, -0.25) is 0 Å². The largest absolute Gasteiger partial charge is 0.309 e. The Balaban J connectivity index is 1.18. The standard InChI is InChI=1S/C46H29N/c1-3-10-30(11-4-1)35-22-27-44-42(28-35)37-16-7-8-17-43(37)47(44)36-23-18-32(19-24-36)41-29-40(31-12-5-2-6-13-31)38-25-20-33-14-9-15-34-21-26-39(41)46(38)45(33)34/h1-29H. The zero-order valence-corrected chi connectivity index (χ0v) is 25.7. The number of hydrogen-bond acceptors (Lipinski definition) is 0. The van der Waals surface area contributed by atoms with Gasteiger partial charge in [-0.2, -0.15) is 0 Å². The molecule has 10 aromatic rings. The summed E-state index contributed by atoms with van der Waals surface area (Å²) in [5.41, 5.74) is 11.1. The van der Waals surface area contributed by atoms with E-state index in [0.29, 0.717) is 0 Å². The van der Waals surface area contributed by atoms with Crippen molar-refractivity contribution >= 4 is 54.1 Å². The summed E-state index contributed by atoms with van der Waals surface area (Å²) < 4.78 is 2.41. The highest BCUT2D eigenvalue weighted by molar-refractivity contribution is 6.28. The number of nitrogens with zero attached hydrogens (tertiary/aromatic N) is 1. The Labute approximate surface area is 272 Å². The van der Waals surface area contributed by atoms with Crippen LogP contribution in [0.4, 0.5) is 0 Å². The van der Waals surface area contributed by atoms with Crippen LogP contribution in [-0.2, 0) is 0 Å². The van der Waals surface area contributed by atoms with Gasteiger partial charge in [0.2, 0.25) is 0 Å². The van der Waals surface area contributed by atoms with Gasteiger partial charge >= 0.3 is 0 Å². The van der Waals surface area contributed by atoms with Gasteiger partial charge in [-0.15, -0.1) is 0 Å². The van der Waals surface area contributed by atoms with Gasteiger partial charge in [0.1, 0.15) is 0 Å². The van der Waals surface area contributed by atoms with Crippen molar-refractivity contribution in [2.45, 2.75) is 0 Å². The van der Waals surface area contributed by atoms with E-state index in [1.54, 1.807) is 0 Å². The zero-order chi connectivity index (χ0) is 30.9. The summed E-state index contributed by atoms with van der Waals surface area (Å²) >= 11 is 0. The first-order valence-corrected chi connectivity index (χ1v) is 16.3. The molecule has 0 aliphatic heterocycles. The lowest BCUT2D eigenvalue weighted by molar-refractivity contribution is 1.18. The fraction of sp³-hybridized carbons (Fsp3) is 0. The van der Waals surface area contributed by atoms with Gasteiger partial charge in [0.25, 0.3) is 0 Å². The fourth-order valence-corrected chi connectivity index (χ4v) is 7.78. The first kappa shape index (κ1) is 26.1. The highest BCUT2D eigenvalue weighted by Gasteiger charge is 2.18. The third-order valence-electron chi connectivity index (χ3n) is 9.95. The van der Waals surface area contributed by atoms with Crippen LogP contribution < -0.4 is 0 Å². The molecule has 0 spiro atoms. The first-order valence-electron chi connectivity index (χ1n) is 16.3. The normalized spacial score (nSPS) is 11.8. The van der Waals surface area contributed by atoms with Crippen LogP contribution in [0.5, 0.6) is 0 Å². The van der Waals surface area contributed by atoms with E-state index < -0.39 is 0 Å². The van der Waals surface area contributed by atoms with Crippen molar-refractivity contribution in [1.82, 2.24) is 4.57 Å². The topological polar surface area (TPSA) is 4.93 Å². The summed E-state index contributed by atoms with van der Waals surface area (Å²) in [6, 6.07) is 64.5. The van der Waals surface area contributed by atoms with E-state index in [1.165, 1.54) is 87.5 Å². The smallest absolute Gasteiger partial charge is 0.0541 e. The second kappa shape index (κ2) is 10.2. The van der Waals surface area contributed by atoms with E-state index in [9.17, 15) is 0 Å². The highest BCUT2D eigenvalue weighted by atomic mass is 15.0. The van der Waals surface area contributed by atoms with Gasteiger partial charge in [0, 0.05) is 16.5 Å². The van der Waals surface area contributed by atoms with Gasteiger partial charge in [-0.1, -0.05) is 140 Å². The third-order valence-corrected chi connectivity index (χ3v) is 9.95. The second-order valence-electron chi connectivity index (χ2n) is 12.5. The molecule has 0 N–H and O–H groups in total. The van der Waals surface area contributed by atoms with E-state index in [-0.39, 0.29) is 0 Å². The summed E-state index contributed by atoms with van der Waals surface area (Å²) in [4.78, 5) is 0. The molecule has 1 aromatic heterocycles. The summed E-state index contributed by atoms with van der Waals surface area (Å²) in [7, 11) is 0. The predicted molar refractivity (Wildman–Crippen MR) is 201 cm³/mol. The highest BCUT2D eigenvalue weighted by Crippen LogP contribution is 2.44. The summed E-state index contributed by atoms with van der Waals surface area (Å²) in [6.07, 6.45) is 0. The van der Waals surface area contributed by atoms with Gasteiger partial charge in [0.05, 0.1) is 11.0 Å². The Morgan fingerprint density at radius 3 is 1.57 bits per heavy atom. The molecular weight excluding hydrogens is 567 g/mol. The maximum atomic E-state index is 2.41. The number of hydrogen-bond donors (Lipinski definition) is 0. The molecule has 0 amide bonds. The van der Waals surface area contributed by atoms with Crippen molar-refractivity contribution in [3.8, 4) is 39.1 Å². The number of rotatable bonds is 4. The SMILES string of the molecule is c1ccc(-c2ccc3c(c2)c2ccccc2n3-c2ccc(-c3cc(-c4ccccc4)c4ccc5cccc6ccc3c4c56)cc2)cc1. The maximum absolute atomic E-state index is 2.41. The van der Waals surface area contributed by atoms with Gasteiger partial charge in [-0.05, 0) is 102 Å². The Morgan fingerprint density at radius 2 is 0.872 bits per heavy atom. The maximum Gasteiger partial charge on any atom is 0.0541 e. The van der Waals surface area contributed by atoms with E-state index in [2.05, 4.69) is 180 Å². The molecule has 1 heteroatoms. The molecule has 0 aliphatic carbocycles. The average Bonchev–Trinajstić information content (AvgIpc) is 3.48. The van der Waals surface area contributed by atoms with Crippen LogP contribution in [0.1, 0.15) is 0 Å². The van der Waals surface area contributed by atoms with Gasteiger partial charge in [-0.25, -0.2) is 0 Å². The predicted octanol–water partition coefficient (Wildman–Crippen LogP) is 12.7. The molecule has 0 saturated heterocycles. The quantitative estimate of drug-likeness (QED) is 0.178. The minimum absolute atomic E-state index is 1.16. The number of aromatic nitrogens is 1. The van der Waals surface area contributed by atoms with Crippen LogP contribution in [0.25, 0.3) is 93.2 Å². The van der Waals surface area contributed by atoms with E-state index in [1.807, 2.05) is 0 Å². The molecule has 0 radical (unpaired) electrons. The summed E-state index contributed by atoms with van der Waals surface area (Å²) in [5.74, 6) is 0. The third kappa shape index (κ3) is 3.97. The van der Waals surface area contributed by atoms with E-state index >= 15 is 0 Å². The molecule has 0 aliphatic rings. The lowest BCUT2D eigenvalue weighted by Gasteiger charge is -2.18. The molecule has 0 unspecified atom stereocenters. The molecule has 1 heterocycles. The molecular formula is C46H29N. The molecule has 218 valence electrons. The number of fused-ring (bicyclic) bond motifs is 3. The fourth-order valence-electron chi connectivity index (χ4n) is 7.78. The van der Waals surface area contributed by atoms with Gasteiger partial charge < -0.3 is 4.57 Å². The Kier molecular flexibility index (Phi) is 5.64. The molecule has 0 atom stereocenters. The Morgan fingerprint density at radius 1 is 0.298 bits per heavy atom. The summed E-state index contributed by atoms with van der Waals surface area (Å²) in [6.45, 7) is 0. The van der Waals surface area contributed by atoms with Crippen molar-refractivity contribution in [1.29, 1.82) is 0 Å². The van der Waals surface area contributed by atoms with Crippen molar-refractivity contribution in [3.63, 3.8) is 0 Å². The molecule has 10 rings (SSSR count). The minimum Gasteiger partial charge on any atom is -0.309 e. The molecule has 47 heavy (non-hydrogen) atoms. The lowest BCUT2D eigenvalue weighted by atomic mass is 9.85. The molecule has 9 aromatic carbocycles. The van der Waals surface area contributed by atoms with E-state index in [4.69, 9.17) is 0 Å². The van der Waals surface area contributed by atoms with Crippen molar-refractivity contribution in [2.75, 3.05) is 0 Å². The van der Waals surface area contributed by atoms with Crippen LogP contribution in [0.15, 0.2) is 176 Å². The second-order valence-corrected chi connectivity index (χ2v) is 12.5. The van der Waals surface area contributed by atoms with Crippen LogP contribution in [-0.4, -0.2) is 4.57 Å². The number of benzene rings is 9. The average molecular weight is 596 g/mol. The molecule has 1 nitrogen and oxygen atoms in total. The van der Waals surface area contributed by atoms with Crippen LogP contribution in [0.2, 0.25) is 0 Å². The van der Waals surface area contributed by atoms with Crippen LogP contribution in [0, 0.1) is 0 Å². The lowest BCUT2D eigenvalue weighted by Crippen LogP contribution is -1.94. The number of para-hydroxylation sites is 1. The van der Waals surface area contributed by atoms with E-state index in [0.717, 1.165) is 5.69 Å². The zero-order valence-electron chi connectivity index (χ0n) is 25.7. The van der Waals surface area contributed by atoms with Crippen molar-refractivity contribution < 1.29 is 0 Å². The monoisotopic (exact) mass is 595 g/mol. The van der Waals surface area contributed by atoms with Gasteiger partial charge in [0.15, 0.2) is 0 Å². The van der Waals surface area contributed by atoms with Crippen molar-refractivity contribution in [2.24, 2.45) is 0 Å². The molecule has 0 saturated carbocycles. The summed E-state index contributed by atoms with van der Waals surface area (Å²) in [5, 5.41) is 10.4. The van der Waals surface area contributed by atoms with Crippen LogP contribution >= 0.6 is 0 Å². The van der Waals surface area contributed by atoms with Crippen molar-refractivity contribution in [3.05, 3.63) is 176 Å².